The van der Waals surface area contributed by atoms with Crippen LogP contribution < -0.4 is 10.6 Å². The number of ether oxygens (including phenoxy) is 3. The molecule has 5 aromatic rings. The Kier molecular flexibility index (Phi) is 11.2. The van der Waals surface area contributed by atoms with E-state index in [1.54, 1.807) is 0 Å². The third-order valence-corrected chi connectivity index (χ3v) is 13.6. The molecule has 324 valence electrons. The number of aryl methyl sites for hydroxylation is 1. The van der Waals surface area contributed by atoms with Gasteiger partial charge in [0.15, 0.2) is 0 Å². The number of amides is 3. The highest BCUT2D eigenvalue weighted by molar-refractivity contribution is 5.89. The fraction of sp³-hybridized carbons (Fsp3) is 0.447. The van der Waals surface area contributed by atoms with Crippen molar-refractivity contribution < 1.29 is 33.4 Å². The zero-order valence-electron chi connectivity index (χ0n) is 35.6. The van der Waals surface area contributed by atoms with Crippen LogP contribution in [0.1, 0.15) is 86.7 Å². The molecule has 2 aromatic carbocycles. The number of nitrogens with one attached hydrogen (secondary N) is 4. The van der Waals surface area contributed by atoms with E-state index in [-0.39, 0.29) is 41.0 Å². The molecule has 9 rings (SSSR count). The van der Waals surface area contributed by atoms with Crippen molar-refractivity contribution in [1.82, 2.24) is 40.0 Å². The number of imidazole rings is 2. The molecule has 2 saturated heterocycles. The Hall–Kier alpha value is -6.22. The van der Waals surface area contributed by atoms with Gasteiger partial charge in [-0.15, -0.1) is 0 Å². The van der Waals surface area contributed by atoms with Gasteiger partial charge in [0.05, 0.1) is 50.0 Å². The number of aromatic amines is 2. The number of alkyl carbamates (subject to hydrolysis) is 2. The van der Waals surface area contributed by atoms with Gasteiger partial charge in [-0.05, 0) is 77.3 Å². The number of ketones is 1. The fourth-order valence-electron chi connectivity index (χ4n) is 10.1. The Morgan fingerprint density at radius 3 is 2.10 bits per heavy atom. The molecule has 1 aliphatic carbocycles. The number of nitrogens with zero attached hydrogens (tertiary/aromatic N) is 4. The van der Waals surface area contributed by atoms with Crippen molar-refractivity contribution in [2.75, 3.05) is 34.0 Å². The second-order valence-electron chi connectivity index (χ2n) is 17.7. The quantitative estimate of drug-likeness (QED) is 0.123. The molecule has 1 spiro atoms. The second kappa shape index (κ2) is 16.9. The first-order chi connectivity index (χ1) is 30.0. The molecular formula is C47H54N8O7. The number of hydrogen-bond acceptors (Lipinski definition) is 9. The second-order valence-corrected chi connectivity index (χ2v) is 17.7. The number of carbonyl (C=O) groups excluding carboxylic acids is 4. The number of methoxy groups -OCH3 is 2. The first kappa shape index (κ1) is 41.1. The molecule has 0 radical (unpaired) electrons. The lowest BCUT2D eigenvalue weighted by Crippen LogP contribution is -2.51. The number of carbonyl (C=O) groups is 4. The van der Waals surface area contributed by atoms with Crippen LogP contribution in [-0.4, -0.2) is 99.3 Å². The topological polar surface area (TPSA) is 186 Å². The Morgan fingerprint density at radius 1 is 0.855 bits per heavy atom. The maximum absolute atomic E-state index is 14.1. The predicted octanol–water partition coefficient (Wildman–Crippen LogP) is 6.90. The molecule has 4 aliphatic rings. The molecule has 2 unspecified atom stereocenters. The van der Waals surface area contributed by atoms with Gasteiger partial charge in [-0.2, -0.15) is 0 Å². The largest absolute Gasteiger partial charge is 0.453 e. The van der Waals surface area contributed by atoms with Gasteiger partial charge < -0.3 is 44.3 Å². The summed E-state index contributed by atoms with van der Waals surface area (Å²) >= 11 is 0. The lowest BCUT2D eigenvalue weighted by atomic mass is 9.78. The minimum Gasteiger partial charge on any atom is -0.453 e. The standard InChI is InChI=1S/C47H54N8O7/c1-27(2)40(53-46(59)61-4)44(57)55-26-47(16-19-62-20-17-47)22-37(55)43-49-24-36(51-43)31-11-7-29(8-12-31)28-5-9-30(10-6-28)35-23-48-42(50-35)33-21-38(56)39-34(52-45(58)60-3)14-13-32-15-18-54(25-33)41(32)39/h5-12,15,18,23-24,27,33-34,37,39-40H,13-14,16-17,19-22,25-26H2,1-4H3,(H,48,50)(H,49,51)(H,52,58)(H,53,59)/t33-,34-,37?,39?,40-/m0/s1. The summed E-state index contributed by atoms with van der Waals surface area (Å²) < 4.78 is 17.6. The molecule has 0 saturated carbocycles. The van der Waals surface area contributed by atoms with Crippen molar-refractivity contribution in [3.63, 3.8) is 0 Å². The van der Waals surface area contributed by atoms with Crippen molar-refractivity contribution in [3.05, 3.63) is 96.1 Å². The van der Waals surface area contributed by atoms with Gasteiger partial charge in [0, 0.05) is 56.6 Å². The maximum Gasteiger partial charge on any atom is 0.407 e. The molecule has 15 heteroatoms. The van der Waals surface area contributed by atoms with Crippen LogP contribution in [0.3, 0.4) is 0 Å². The minimum atomic E-state index is -0.727. The number of benzene rings is 2. The summed E-state index contributed by atoms with van der Waals surface area (Å²) in [6.07, 6.45) is 8.85. The summed E-state index contributed by atoms with van der Waals surface area (Å²) in [6, 6.07) is 17.4. The molecule has 15 nitrogen and oxygen atoms in total. The van der Waals surface area contributed by atoms with E-state index < -0.39 is 24.1 Å². The zero-order valence-corrected chi connectivity index (χ0v) is 35.6. The molecule has 6 heterocycles. The van der Waals surface area contributed by atoms with Crippen LogP contribution in [0.5, 0.6) is 0 Å². The highest BCUT2D eigenvalue weighted by Gasteiger charge is 2.50. The minimum absolute atomic E-state index is 0.0746. The van der Waals surface area contributed by atoms with Gasteiger partial charge >= 0.3 is 12.2 Å². The summed E-state index contributed by atoms with van der Waals surface area (Å²) in [5, 5.41) is 5.68. The lowest BCUT2D eigenvalue weighted by Gasteiger charge is -2.34. The third-order valence-electron chi connectivity index (χ3n) is 13.6. The number of likely N-dealkylation sites (tertiary alicyclic amines) is 1. The van der Waals surface area contributed by atoms with E-state index >= 15 is 0 Å². The Bertz CT molecular complexity index is 2440. The average Bonchev–Trinajstić information content (AvgIpc) is 4.11. The fourth-order valence-corrected chi connectivity index (χ4v) is 10.1. The first-order valence-corrected chi connectivity index (χ1v) is 21.6. The van der Waals surface area contributed by atoms with Crippen LogP contribution in [0.15, 0.2) is 73.2 Å². The monoisotopic (exact) mass is 842 g/mol. The molecule has 3 aromatic heterocycles. The van der Waals surface area contributed by atoms with Crippen molar-refractivity contribution in [3.8, 4) is 33.6 Å². The molecule has 5 atom stereocenters. The molecule has 3 amide bonds. The van der Waals surface area contributed by atoms with Gasteiger partial charge in [0.1, 0.15) is 23.5 Å². The summed E-state index contributed by atoms with van der Waals surface area (Å²) in [5.74, 6) is 0.748. The van der Waals surface area contributed by atoms with Gasteiger partial charge in [0.25, 0.3) is 0 Å². The molecule has 2 fully saturated rings. The van der Waals surface area contributed by atoms with E-state index in [1.165, 1.54) is 14.2 Å². The van der Waals surface area contributed by atoms with E-state index in [0.29, 0.717) is 39.1 Å². The van der Waals surface area contributed by atoms with Gasteiger partial charge in [-0.3, -0.25) is 9.59 Å². The van der Waals surface area contributed by atoms with Crippen LogP contribution in [0.2, 0.25) is 0 Å². The number of H-pyrrole nitrogens is 2. The van der Waals surface area contributed by atoms with Crippen LogP contribution in [0.4, 0.5) is 9.59 Å². The average molecular weight is 843 g/mol. The van der Waals surface area contributed by atoms with Crippen LogP contribution >= 0.6 is 0 Å². The van der Waals surface area contributed by atoms with Crippen molar-refractivity contribution in [2.45, 2.75) is 88.9 Å². The third kappa shape index (κ3) is 7.89. The van der Waals surface area contributed by atoms with Gasteiger partial charge in [0.2, 0.25) is 5.91 Å². The molecule has 3 aliphatic heterocycles. The highest BCUT2D eigenvalue weighted by Crippen LogP contribution is 2.49. The van der Waals surface area contributed by atoms with Crippen molar-refractivity contribution >= 4 is 23.9 Å². The van der Waals surface area contributed by atoms with E-state index in [0.717, 1.165) is 82.2 Å². The van der Waals surface area contributed by atoms with Gasteiger partial charge in [-0.25, -0.2) is 19.6 Å². The first-order valence-electron chi connectivity index (χ1n) is 21.6. The Balaban J connectivity index is 0.884. The number of hydrogen-bond donors (Lipinski definition) is 4. The Labute approximate surface area is 360 Å². The number of Topliss-reactive ketones (excluding diaryl/α,β-unsaturated/α-hetero) is 1. The predicted molar refractivity (Wildman–Crippen MR) is 230 cm³/mol. The Morgan fingerprint density at radius 2 is 1.47 bits per heavy atom. The zero-order chi connectivity index (χ0) is 43.1. The summed E-state index contributed by atoms with van der Waals surface area (Å²) in [7, 11) is 2.64. The lowest BCUT2D eigenvalue weighted by molar-refractivity contribution is -0.136. The summed E-state index contributed by atoms with van der Waals surface area (Å²) in [5.41, 5.74) is 7.89. The number of aromatic nitrogens is 5. The van der Waals surface area contributed by atoms with E-state index in [9.17, 15) is 19.2 Å². The van der Waals surface area contributed by atoms with Crippen LogP contribution in [0.25, 0.3) is 33.6 Å². The van der Waals surface area contributed by atoms with E-state index in [1.807, 2.05) is 31.1 Å². The molecule has 62 heavy (non-hydrogen) atoms. The van der Waals surface area contributed by atoms with Gasteiger partial charge in [-0.1, -0.05) is 62.4 Å². The molecule has 4 N–H and O–H groups in total. The summed E-state index contributed by atoms with van der Waals surface area (Å²) in [4.78, 5) is 70.9. The smallest absolute Gasteiger partial charge is 0.407 e. The van der Waals surface area contributed by atoms with E-state index in [2.05, 4.69) is 86.0 Å². The summed E-state index contributed by atoms with van der Waals surface area (Å²) in [6.45, 7) is 6.36. The molecular weight excluding hydrogens is 789 g/mol. The van der Waals surface area contributed by atoms with E-state index in [4.69, 9.17) is 24.2 Å². The maximum atomic E-state index is 14.1. The number of rotatable bonds is 9. The van der Waals surface area contributed by atoms with Crippen LogP contribution in [-0.2, 0) is 36.8 Å². The van der Waals surface area contributed by atoms with Crippen molar-refractivity contribution in [2.24, 2.45) is 11.3 Å². The van der Waals surface area contributed by atoms with Crippen LogP contribution in [0, 0.1) is 11.3 Å². The highest BCUT2D eigenvalue weighted by atomic mass is 16.5. The normalized spacial score (nSPS) is 22.2. The van der Waals surface area contributed by atoms with Crippen molar-refractivity contribution in [1.29, 1.82) is 0 Å². The molecule has 0 bridgehead atoms. The SMILES string of the molecule is COC(=O)N[C@H]1CCc2ccn3c2C1C(=O)C[C@H](c1ncc(-c2ccc(-c4ccc(-c5cnc(C6CC7(CCOCC7)CN6C(=O)[C@@H](NC(=O)OC)C(C)C)[nH]5)cc4)cc2)[nH]1)C3.